The van der Waals surface area contributed by atoms with Gasteiger partial charge in [0.25, 0.3) is 0 Å². The molecule has 10 heteroatoms. The summed E-state index contributed by atoms with van der Waals surface area (Å²) in [7, 11) is 0. The molecule has 1 aliphatic carbocycles. The highest BCUT2D eigenvalue weighted by Crippen LogP contribution is 2.31. The molecule has 10 nitrogen and oxygen atoms in total. The second-order valence-corrected chi connectivity index (χ2v) is 7.41. The molecule has 0 bridgehead atoms. The van der Waals surface area contributed by atoms with E-state index >= 15 is 0 Å². The number of aryl methyl sites for hydroxylation is 1. The maximum atomic E-state index is 12.1. The summed E-state index contributed by atoms with van der Waals surface area (Å²) >= 11 is 0. The molecule has 0 aliphatic heterocycles. The molecule has 31 heavy (non-hydrogen) atoms. The molecule has 0 unspecified atom stereocenters. The number of nitrogens with two attached hydrogens (primary N) is 1. The number of carbonyl (C=O) groups is 1. The maximum absolute atomic E-state index is 12.1. The Morgan fingerprint density at radius 3 is 2.74 bits per heavy atom. The van der Waals surface area contributed by atoms with Gasteiger partial charge in [0.05, 0.1) is 5.69 Å². The van der Waals surface area contributed by atoms with E-state index in [2.05, 4.69) is 36.0 Å². The Morgan fingerprint density at radius 2 is 1.94 bits per heavy atom. The first-order chi connectivity index (χ1) is 15.0. The van der Waals surface area contributed by atoms with Crippen LogP contribution in [-0.2, 0) is 0 Å². The second kappa shape index (κ2) is 7.56. The zero-order chi connectivity index (χ0) is 21.4. The lowest BCUT2D eigenvalue weighted by atomic mass is 10.2. The third kappa shape index (κ3) is 4.08. The summed E-state index contributed by atoms with van der Waals surface area (Å²) in [5.74, 6) is 1.49. The molecule has 0 spiro atoms. The molecule has 0 atom stereocenters. The Kier molecular flexibility index (Phi) is 4.58. The number of anilines is 4. The van der Waals surface area contributed by atoms with Gasteiger partial charge in [-0.15, -0.1) is 0 Å². The van der Waals surface area contributed by atoms with Crippen molar-refractivity contribution in [2.75, 3.05) is 16.4 Å². The molecule has 1 aromatic carbocycles. The van der Waals surface area contributed by atoms with Gasteiger partial charge in [-0.1, -0.05) is 6.07 Å². The molecule has 1 aliphatic rings. The van der Waals surface area contributed by atoms with Crippen LogP contribution in [0.4, 0.5) is 27.8 Å². The van der Waals surface area contributed by atoms with Crippen molar-refractivity contribution in [2.24, 2.45) is 0 Å². The maximum Gasteiger partial charge on any atom is 0.319 e. The minimum Gasteiger partial charge on any atom is -0.384 e. The molecule has 3 heterocycles. The number of benzene rings is 1. The fourth-order valence-corrected chi connectivity index (χ4v) is 3.31. The van der Waals surface area contributed by atoms with E-state index in [-0.39, 0.29) is 12.1 Å². The van der Waals surface area contributed by atoms with Crippen molar-refractivity contribution >= 4 is 34.7 Å². The van der Waals surface area contributed by atoms with Gasteiger partial charge < -0.3 is 21.7 Å². The van der Waals surface area contributed by atoms with Gasteiger partial charge in [-0.25, -0.2) is 24.3 Å². The SMILES string of the molecule is Cc1nc(N)cc(-c2c(Nc3cccc(NC(=O)NC4CC4)c3)nc3cccnn23)n1. The highest BCUT2D eigenvalue weighted by molar-refractivity contribution is 5.90. The molecular formula is C21H21N9O. The highest BCUT2D eigenvalue weighted by Gasteiger charge is 2.23. The van der Waals surface area contributed by atoms with Crippen molar-refractivity contribution in [2.45, 2.75) is 25.8 Å². The van der Waals surface area contributed by atoms with Crippen molar-refractivity contribution in [3.63, 3.8) is 0 Å². The molecule has 1 fully saturated rings. The number of nitrogens with zero attached hydrogens (tertiary/aromatic N) is 5. The van der Waals surface area contributed by atoms with Gasteiger partial charge in [-0.05, 0) is 50.1 Å². The number of hydrogen-bond acceptors (Lipinski definition) is 7. The third-order valence-corrected chi connectivity index (χ3v) is 4.79. The van der Waals surface area contributed by atoms with E-state index < -0.39 is 0 Å². The van der Waals surface area contributed by atoms with E-state index in [1.807, 2.05) is 36.4 Å². The van der Waals surface area contributed by atoms with E-state index in [4.69, 9.17) is 5.73 Å². The molecule has 0 saturated heterocycles. The number of imidazole rings is 1. The number of urea groups is 1. The van der Waals surface area contributed by atoms with Crippen molar-refractivity contribution in [3.05, 3.63) is 54.5 Å². The first-order valence-electron chi connectivity index (χ1n) is 9.95. The topological polar surface area (TPSA) is 135 Å². The van der Waals surface area contributed by atoms with Gasteiger partial charge in [0.2, 0.25) is 0 Å². The Labute approximate surface area is 177 Å². The van der Waals surface area contributed by atoms with Gasteiger partial charge in [0.15, 0.2) is 11.5 Å². The Morgan fingerprint density at radius 1 is 1.10 bits per heavy atom. The Bertz CT molecular complexity index is 1260. The van der Waals surface area contributed by atoms with Crippen molar-refractivity contribution in [1.82, 2.24) is 29.9 Å². The molecule has 5 N–H and O–H groups in total. The third-order valence-electron chi connectivity index (χ3n) is 4.79. The fourth-order valence-electron chi connectivity index (χ4n) is 3.31. The van der Waals surface area contributed by atoms with Crippen LogP contribution in [0, 0.1) is 6.92 Å². The Hall–Kier alpha value is -4.21. The van der Waals surface area contributed by atoms with Crippen LogP contribution in [0.25, 0.3) is 17.0 Å². The highest BCUT2D eigenvalue weighted by atomic mass is 16.2. The van der Waals surface area contributed by atoms with E-state index in [9.17, 15) is 4.79 Å². The standard InChI is InChI=1S/C21H21N9O/c1-12-24-16(11-17(22)25-12)19-20(29-18-6-3-9-23-30(18)19)26-14-4-2-5-15(10-14)28-21(31)27-13-7-8-13/h2-6,9-11,13,26H,7-8H2,1H3,(H2,22,24,25)(H2,27,28,31). The van der Waals surface area contributed by atoms with Crippen LogP contribution < -0.4 is 21.7 Å². The second-order valence-electron chi connectivity index (χ2n) is 7.41. The molecule has 5 rings (SSSR count). The first kappa shape index (κ1) is 18.8. The summed E-state index contributed by atoms with van der Waals surface area (Å²) in [5.41, 5.74) is 9.31. The van der Waals surface area contributed by atoms with Crippen molar-refractivity contribution in [1.29, 1.82) is 0 Å². The average Bonchev–Trinajstić information content (AvgIpc) is 3.45. The molecule has 0 radical (unpaired) electrons. The minimum atomic E-state index is -0.204. The zero-order valence-electron chi connectivity index (χ0n) is 16.8. The smallest absolute Gasteiger partial charge is 0.319 e. The summed E-state index contributed by atoms with van der Waals surface area (Å²) in [5, 5.41) is 13.5. The molecule has 3 aromatic heterocycles. The summed E-state index contributed by atoms with van der Waals surface area (Å²) in [6, 6.07) is 12.9. The number of nitrogens with one attached hydrogen (secondary N) is 3. The van der Waals surface area contributed by atoms with Crippen LogP contribution in [-0.4, -0.2) is 36.6 Å². The van der Waals surface area contributed by atoms with Crippen LogP contribution in [0.15, 0.2) is 48.7 Å². The number of aromatic nitrogens is 5. The van der Waals surface area contributed by atoms with Gasteiger partial charge in [0.1, 0.15) is 17.3 Å². The first-order valence-corrected chi connectivity index (χ1v) is 9.95. The number of nitrogen functional groups attached to an aromatic ring is 1. The number of hydrogen-bond donors (Lipinski definition) is 4. The molecule has 4 aromatic rings. The van der Waals surface area contributed by atoms with Crippen LogP contribution in [0.2, 0.25) is 0 Å². The summed E-state index contributed by atoms with van der Waals surface area (Å²) in [4.78, 5) is 25.4. The Balaban J connectivity index is 1.49. The average molecular weight is 415 g/mol. The summed E-state index contributed by atoms with van der Waals surface area (Å²) in [6.07, 6.45) is 3.75. The lowest BCUT2D eigenvalue weighted by Crippen LogP contribution is -2.30. The molecule has 1 saturated carbocycles. The lowest BCUT2D eigenvalue weighted by Gasteiger charge is -2.10. The van der Waals surface area contributed by atoms with Gasteiger partial charge >= 0.3 is 6.03 Å². The van der Waals surface area contributed by atoms with Gasteiger partial charge in [0, 0.05) is 29.7 Å². The normalized spacial score (nSPS) is 13.2. The number of amides is 2. The quantitative estimate of drug-likeness (QED) is 0.393. The monoisotopic (exact) mass is 415 g/mol. The van der Waals surface area contributed by atoms with Crippen LogP contribution in [0.3, 0.4) is 0 Å². The number of fused-ring (bicyclic) bond motifs is 1. The molecule has 2 amide bonds. The lowest BCUT2D eigenvalue weighted by molar-refractivity contribution is 0.251. The fraction of sp³-hybridized carbons (Fsp3) is 0.190. The van der Waals surface area contributed by atoms with E-state index in [0.29, 0.717) is 40.2 Å². The molecular weight excluding hydrogens is 394 g/mol. The van der Waals surface area contributed by atoms with Gasteiger partial charge in [-0.3, -0.25) is 0 Å². The van der Waals surface area contributed by atoms with E-state index in [1.54, 1.807) is 23.7 Å². The predicted octanol–water partition coefficient (Wildman–Crippen LogP) is 3.10. The van der Waals surface area contributed by atoms with Gasteiger partial charge in [-0.2, -0.15) is 5.10 Å². The van der Waals surface area contributed by atoms with Crippen molar-refractivity contribution < 1.29 is 4.79 Å². The minimum absolute atomic E-state index is 0.204. The van der Waals surface area contributed by atoms with E-state index in [1.165, 1.54) is 0 Å². The largest absolute Gasteiger partial charge is 0.384 e. The number of rotatable bonds is 5. The predicted molar refractivity (Wildman–Crippen MR) is 118 cm³/mol. The van der Waals surface area contributed by atoms with Crippen molar-refractivity contribution in [3.8, 4) is 11.4 Å². The molecule has 156 valence electrons. The van der Waals surface area contributed by atoms with E-state index in [0.717, 1.165) is 18.5 Å². The zero-order valence-corrected chi connectivity index (χ0v) is 16.8. The summed E-state index contributed by atoms with van der Waals surface area (Å²) in [6.45, 7) is 1.78. The summed E-state index contributed by atoms with van der Waals surface area (Å²) < 4.78 is 1.70. The number of carbonyl (C=O) groups excluding carboxylic acids is 1. The van der Waals surface area contributed by atoms with Crippen LogP contribution in [0.1, 0.15) is 18.7 Å². The van der Waals surface area contributed by atoms with Crippen LogP contribution >= 0.6 is 0 Å². The van der Waals surface area contributed by atoms with Crippen LogP contribution in [0.5, 0.6) is 0 Å².